The van der Waals surface area contributed by atoms with Crippen molar-refractivity contribution in [3.8, 4) is 5.75 Å². The topological polar surface area (TPSA) is 86.6 Å². The fourth-order valence-electron chi connectivity index (χ4n) is 2.39. The average Bonchev–Trinajstić information content (AvgIpc) is 2.61. The highest BCUT2D eigenvalue weighted by atomic mass is 16.5. The van der Waals surface area contributed by atoms with Crippen LogP contribution in [0, 0.1) is 0 Å². The van der Waals surface area contributed by atoms with Gasteiger partial charge in [-0.15, -0.1) is 0 Å². The van der Waals surface area contributed by atoms with Crippen molar-refractivity contribution >= 4 is 11.9 Å². The number of esters is 1. The number of nitrogens with zero attached hydrogens (tertiary/aromatic N) is 1. The molecule has 0 bridgehead atoms. The maximum atomic E-state index is 12.7. The number of aryl methyl sites for hydroxylation is 1. The molecule has 0 spiro atoms. The molecule has 0 fully saturated rings. The molecule has 2 rings (SSSR count). The fourth-order valence-corrected chi connectivity index (χ4v) is 2.39. The van der Waals surface area contributed by atoms with Gasteiger partial charge >= 0.3 is 5.97 Å². The van der Waals surface area contributed by atoms with Crippen LogP contribution in [0.2, 0.25) is 0 Å². The lowest BCUT2D eigenvalue weighted by atomic mass is 10.1. The lowest BCUT2D eigenvalue weighted by Gasteiger charge is -2.24. The molecule has 7 nitrogen and oxygen atoms in total. The van der Waals surface area contributed by atoms with E-state index in [0.29, 0.717) is 0 Å². The summed E-state index contributed by atoms with van der Waals surface area (Å²) in [7, 11) is 2.86. The molecule has 0 aliphatic heterocycles. The summed E-state index contributed by atoms with van der Waals surface area (Å²) in [6.07, 6.45) is 1.47. The Labute approximate surface area is 151 Å². The summed E-state index contributed by atoms with van der Waals surface area (Å²) in [5.74, 6) is -1.28. The number of methoxy groups -OCH3 is 1. The number of carbonyl (C=O) groups is 2. The second-order valence-electron chi connectivity index (χ2n) is 6.31. The SMILES string of the molecule is COC(=O)C(C)(C)NC(=O)c1c(OCc2ccccc2)c(=O)ccn1C. The van der Waals surface area contributed by atoms with Crippen LogP contribution in [0.15, 0.2) is 47.4 Å². The number of aromatic nitrogens is 1. The lowest BCUT2D eigenvalue weighted by molar-refractivity contribution is -0.146. The van der Waals surface area contributed by atoms with Crippen molar-refractivity contribution in [3.63, 3.8) is 0 Å². The first-order chi connectivity index (χ1) is 12.3. The molecule has 1 N–H and O–H groups in total. The highest BCUT2D eigenvalue weighted by Crippen LogP contribution is 2.16. The van der Waals surface area contributed by atoms with Gasteiger partial charge in [-0.1, -0.05) is 30.3 Å². The van der Waals surface area contributed by atoms with Crippen LogP contribution in [0.25, 0.3) is 0 Å². The summed E-state index contributed by atoms with van der Waals surface area (Å²) in [5.41, 5.74) is -0.779. The molecule has 1 amide bonds. The molecule has 2 aromatic rings. The van der Waals surface area contributed by atoms with E-state index in [1.54, 1.807) is 7.05 Å². The zero-order valence-corrected chi connectivity index (χ0v) is 15.2. The van der Waals surface area contributed by atoms with E-state index in [1.165, 1.54) is 37.8 Å². The number of nitrogens with one attached hydrogen (secondary N) is 1. The number of pyridine rings is 1. The van der Waals surface area contributed by atoms with Crippen molar-refractivity contribution in [2.24, 2.45) is 7.05 Å². The molecule has 1 aromatic heterocycles. The fraction of sp³-hybridized carbons (Fsp3) is 0.316. The number of hydrogen-bond donors (Lipinski definition) is 1. The molecule has 0 saturated carbocycles. The van der Waals surface area contributed by atoms with Crippen LogP contribution >= 0.6 is 0 Å². The molecule has 0 atom stereocenters. The van der Waals surface area contributed by atoms with E-state index in [4.69, 9.17) is 4.74 Å². The monoisotopic (exact) mass is 358 g/mol. The Morgan fingerprint density at radius 3 is 2.42 bits per heavy atom. The van der Waals surface area contributed by atoms with Crippen molar-refractivity contribution in [2.45, 2.75) is 26.0 Å². The minimum atomic E-state index is -1.26. The molecule has 26 heavy (non-hydrogen) atoms. The zero-order chi connectivity index (χ0) is 19.3. The second kappa shape index (κ2) is 7.86. The second-order valence-corrected chi connectivity index (χ2v) is 6.31. The highest BCUT2D eigenvalue weighted by molar-refractivity contribution is 5.98. The average molecular weight is 358 g/mol. The van der Waals surface area contributed by atoms with Crippen molar-refractivity contribution in [1.29, 1.82) is 0 Å². The van der Waals surface area contributed by atoms with E-state index in [9.17, 15) is 14.4 Å². The first-order valence-electron chi connectivity index (χ1n) is 8.03. The van der Waals surface area contributed by atoms with Gasteiger partial charge in [0.05, 0.1) is 7.11 Å². The Morgan fingerprint density at radius 1 is 1.15 bits per heavy atom. The maximum absolute atomic E-state index is 12.7. The van der Waals surface area contributed by atoms with Gasteiger partial charge in [0.2, 0.25) is 5.43 Å². The molecule has 0 aliphatic rings. The van der Waals surface area contributed by atoms with E-state index < -0.39 is 22.8 Å². The molecule has 0 saturated heterocycles. The third-order valence-electron chi connectivity index (χ3n) is 3.80. The number of carbonyl (C=O) groups excluding carboxylic acids is 2. The van der Waals surface area contributed by atoms with Crippen LogP contribution in [0.4, 0.5) is 0 Å². The summed E-state index contributed by atoms with van der Waals surface area (Å²) in [6, 6.07) is 10.6. The molecular weight excluding hydrogens is 336 g/mol. The van der Waals surface area contributed by atoms with Gasteiger partial charge in [0.15, 0.2) is 11.4 Å². The van der Waals surface area contributed by atoms with Crippen LogP contribution in [0.1, 0.15) is 29.9 Å². The standard InChI is InChI=1S/C19H22N2O5/c1-19(2,18(24)25-4)20-17(23)15-16(14(22)10-11-21(15)3)26-12-13-8-6-5-7-9-13/h5-11H,12H2,1-4H3,(H,20,23). The van der Waals surface area contributed by atoms with Gasteiger partial charge in [-0.2, -0.15) is 0 Å². The molecule has 138 valence electrons. The summed E-state index contributed by atoms with van der Waals surface area (Å²) >= 11 is 0. The minimum Gasteiger partial charge on any atom is -0.483 e. The molecule has 1 aromatic carbocycles. The third kappa shape index (κ3) is 4.30. The van der Waals surface area contributed by atoms with Gasteiger partial charge in [-0.05, 0) is 19.4 Å². The van der Waals surface area contributed by atoms with Gasteiger partial charge in [0.1, 0.15) is 12.1 Å². The minimum absolute atomic E-state index is 0.0328. The van der Waals surface area contributed by atoms with Gasteiger partial charge in [0, 0.05) is 19.3 Å². The molecule has 0 aliphatic carbocycles. The molecule has 0 radical (unpaired) electrons. The Morgan fingerprint density at radius 2 is 1.81 bits per heavy atom. The molecule has 1 heterocycles. The van der Waals surface area contributed by atoms with Crippen LogP contribution in [-0.2, 0) is 23.2 Å². The number of hydrogen-bond acceptors (Lipinski definition) is 5. The number of ether oxygens (including phenoxy) is 2. The Kier molecular flexibility index (Phi) is 5.82. The van der Waals surface area contributed by atoms with E-state index in [-0.39, 0.29) is 18.1 Å². The van der Waals surface area contributed by atoms with Crippen molar-refractivity contribution in [2.75, 3.05) is 7.11 Å². The van der Waals surface area contributed by atoms with Gasteiger partial charge < -0.3 is 19.4 Å². The predicted molar refractivity (Wildman–Crippen MR) is 96.0 cm³/mol. The molecular formula is C19H22N2O5. The Hall–Kier alpha value is -3.09. The lowest BCUT2D eigenvalue weighted by Crippen LogP contribution is -2.51. The largest absolute Gasteiger partial charge is 0.483 e. The molecule has 7 heteroatoms. The summed E-state index contributed by atoms with van der Waals surface area (Å²) in [6.45, 7) is 3.17. The van der Waals surface area contributed by atoms with Crippen LogP contribution < -0.4 is 15.5 Å². The first-order valence-corrected chi connectivity index (χ1v) is 8.03. The Bertz CT molecular complexity index is 856. The summed E-state index contributed by atoms with van der Waals surface area (Å²) < 4.78 is 11.8. The van der Waals surface area contributed by atoms with Gasteiger partial charge in [-0.25, -0.2) is 4.79 Å². The first kappa shape index (κ1) is 19.2. The summed E-state index contributed by atoms with van der Waals surface area (Å²) in [4.78, 5) is 36.8. The van der Waals surface area contributed by atoms with Crippen LogP contribution in [0.5, 0.6) is 5.75 Å². The van der Waals surface area contributed by atoms with E-state index in [2.05, 4.69) is 10.1 Å². The van der Waals surface area contributed by atoms with Gasteiger partial charge in [0.25, 0.3) is 5.91 Å². The molecule has 0 unspecified atom stereocenters. The zero-order valence-electron chi connectivity index (χ0n) is 15.2. The highest BCUT2D eigenvalue weighted by Gasteiger charge is 2.32. The van der Waals surface area contributed by atoms with E-state index >= 15 is 0 Å². The normalized spacial score (nSPS) is 10.9. The quantitative estimate of drug-likeness (QED) is 0.794. The van der Waals surface area contributed by atoms with Crippen molar-refractivity contribution in [1.82, 2.24) is 9.88 Å². The van der Waals surface area contributed by atoms with Crippen LogP contribution in [-0.4, -0.2) is 29.1 Å². The van der Waals surface area contributed by atoms with E-state index in [0.717, 1.165) is 5.56 Å². The van der Waals surface area contributed by atoms with E-state index in [1.807, 2.05) is 30.3 Å². The van der Waals surface area contributed by atoms with Crippen molar-refractivity contribution in [3.05, 3.63) is 64.1 Å². The third-order valence-corrected chi connectivity index (χ3v) is 3.80. The van der Waals surface area contributed by atoms with Crippen LogP contribution in [0.3, 0.4) is 0 Å². The number of benzene rings is 1. The number of amides is 1. The van der Waals surface area contributed by atoms with Crippen molar-refractivity contribution < 1.29 is 19.1 Å². The van der Waals surface area contributed by atoms with Gasteiger partial charge in [-0.3, -0.25) is 9.59 Å². The summed E-state index contributed by atoms with van der Waals surface area (Å²) in [5, 5.41) is 2.58. The smallest absolute Gasteiger partial charge is 0.330 e. The Balaban J connectivity index is 2.32. The predicted octanol–water partition coefficient (Wildman–Crippen LogP) is 1.65. The maximum Gasteiger partial charge on any atom is 0.330 e. The number of rotatable bonds is 6.